The Labute approximate surface area is 93.8 Å². The topological polar surface area (TPSA) is 0 Å². The lowest BCUT2D eigenvalue weighted by molar-refractivity contribution is 1.03. The molecule has 0 spiro atoms. The Bertz CT molecular complexity index is 388. The number of halogens is 2. The zero-order valence-electron chi connectivity index (χ0n) is 7.63. The minimum absolute atomic E-state index is 0.771. The third kappa shape index (κ3) is 2.02. The van der Waals surface area contributed by atoms with Gasteiger partial charge in [-0.2, -0.15) is 0 Å². The minimum atomic E-state index is 0.771. The summed E-state index contributed by atoms with van der Waals surface area (Å²) >= 11 is 12.0. The van der Waals surface area contributed by atoms with E-state index in [4.69, 9.17) is 23.2 Å². The molecule has 0 amide bonds. The molecular formula is C12H10Cl2. The van der Waals surface area contributed by atoms with Gasteiger partial charge < -0.3 is 0 Å². The fraction of sp³-hybridized carbons (Fsp3) is 0.167. The molecule has 0 nitrogen and oxygen atoms in total. The monoisotopic (exact) mass is 224 g/mol. The lowest BCUT2D eigenvalue weighted by Crippen LogP contribution is -1.92. The van der Waals surface area contributed by atoms with E-state index in [-0.39, 0.29) is 0 Å². The molecule has 0 radical (unpaired) electrons. The highest BCUT2D eigenvalue weighted by Crippen LogP contribution is 2.34. The van der Waals surface area contributed by atoms with Gasteiger partial charge >= 0.3 is 0 Å². The molecule has 0 fully saturated rings. The average molecular weight is 225 g/mol. The molecule has 1 aliphatic carbocycles. The average Bonchev–Trinajstić information content (AvgIpc) is 2.19. The Morgan fingerprint density at radius 2 is 1.64 bits per heavy atom. The summed E-state index contributed by atoms with van der Waals surface area (Å²) in [6, 6.07) is 10.2. The van der Waals surface area contributed by atoms with Crippen molar-refractivity contribution >= 4 is 28.8 Å². The second kappa shape index (κ2) is 4.20. The zero-order chi connectivity index (χ0) is 9.97. The smallest absolute Gasteiger partial charge is 0.0455 e. The van der Waals surface area contributed by atoms with Gasteiger partial charge in [0, 0.05) is 10.1 Å². The van der Waals surface area contributed by atoms with E-state index >= 15 is 0 Å². The van der Waals surface area contributed by atoms with E-state index in [0.29, 0.717) is 0 Å². The van der Waals surface area contributed by atoms with Gasteiger partial charge in [-0.05, 0) is 30.1 Å². The minimum Gasteiger partial charge on any atom is -0.0891 e. The summed E-state index contributed by atoms with van der Waals surface area (Å²) in [5.74, 6) is 0. The van der Waals surface area contributed by atoms with Crippen LogP contribution >= 0.6 is 23.2 Å². The predicted octanol–water partition coefficient (Wildman–Crippen LogP) is 4.55. The first kappa shape index (κ1) is 9.82. The number of allylic oxidation sites excluding steroid dienone is 4. The number of hydrogen-bond donors (Lipinski definition) is 0. The predicted molar refractivity (Wildman–Crippen MR) is 62.4 cm³/mol. The highest BCUT2D eigenvalue weighted by atomic mass is 35.5. The summed E-state index contributed by atoms with van der Waals surface area (Å²) in [6.45, 7) is 0. The second-order valence-electron chi connectivity index (χ2n) is 3.28. The Balaban J connectivity index is 2.41. The Morgan fingerprint density at radius 3 is 2.29 bits per heavy atom. The first-order chi connectivity index (χ1) is 6.77. The summed E-state index contributed by atoms with van der Waals surface area (Å²) in [4.78, 5) is 0. The van der Waals surface area contributed by atoms with Crippen LogP contribution in [0.4, 0.5) is 0 Å². The second-order valence-corrected chi connectivity index (χ2v) is 4.18. The summed E-state index contributed by atoms with van der Waals surface area (Å²) in [6.07, 6.45) is 3.66. The van der Waals surface area contributed by atoms with Crippen LogP contribution in [0.15, 0.2) is 46.5 Å². The van der Waals surface area contributed by atoms with E-state index in [9.17, 15) is 0 Å². The summed E-state index contributed by atoms with van der Waals surface area (Å²) < 4.78 is 0. The van der Waals surface area contributed by atoms with E-state index in [2.05, 4.69) is 12.1 Å². The van der Waals surface area contributed by atoms with Gasteiger partial charge in [0.05, 0.1) is 0 Å². The van der Waals surface area contributed by atoms with Gasteiger partial charge in [0.25, 0.3) is 0 Å². The fourth-order valence-corrected chi connectivity index (χ4v) is 2.18. The van der Waals surface area contributed by atoms with Crippen LogP contribution in [0, 0.1) is 0 Å². The Hall–Kier alpha value is -0.720. The Kier molecular flexibility index (Phi) is 2.95. The summed E-state index contributed by atoms with van der Waals surface area (Å²) in [5.41, 5.74) is 2.38. The standard InChI is InChI=1S/C12H10Cl2/c13-10-6-7-11(12(14)8-10)9-4-2-1-3-5-9/h1-5,8H,6-7H2. The van der Waals surface area contributed by atoms with E-state index in [1.54, 1.807) is 0 Å². The molecule has 1 aromatic carbocycles. The van der Waals surface area contributed by atoms with Crippen LogP contribution in [-0.4, -0.2) is 0 Å². The largest absolute Gasteiger partial charge is 0.0891 e. The molecule has 14 heavy (non-hydrogen) atoms. The van der Waals surface area contributed by atoms with Gasteiger partial charge in [0.15, 0.2) is 0 Å². The molecule has 2 heteroatoms. The van der Waals surface area contributed by atoms with Crippen LogP contribution in [0.25, 0.3) is 5.57 Å². The first-order valence-corrected chi connectivity index (χ1v) is 5.33. The van der Waals surface area contributed by atoms with Crippen LogP contribution in [0.2, 0.25) is 0 Å². The van der Waals surface area contributed by atoms with E-state index in [0.717, 1.165) is 22.9 Å². The summed E-state index contributed by atoms with van der Waals surface area (Å²) in [7, 11) is 0. The van der Waals surface area contributed by atoms with Crippen molar-refractivity contribution in [3.8, 4) is 0 Å². The summed E-state index contributed by atoms with van der Waals surface area (Å²) in [5, 5.41) is 1.61. The maximum absolute atomic E-state index is 6.13. The molecule has 0 aromatic heterocycles. The SMILES string of the molecule is ClC1=CC(Cl)=C(c2ccccc2)CC1. The van der Waals surface area contributed by atoms with Gasteiger partial charge in [-0.25, -0.2) is 0 Å². The van der Waals surface area contributed by atoms with Gasteiger partial charge in [-0.3, -0.25) is 0 Å². The number of hydrogen-bond acceptors (Lipinski definition) is 0. The third-order valence-electron chi connectivity index (χ3n) is 2.31. The van der Waals surface area contributed by atoms with Crippen molar-refractivity contribution in [1.82, 2.24) is 0 Å². The molecule has 1 aliphatic rings. The van der Waals surface area contributed by atoms with Crippen LogP contribution in [0.5, 0.6) is 0 Å². The number of benzene rings is 1. The van der Waals surface area contributed by atoms with Gasteiger partial charge in [0.1, 0.15) is 0 Å². The van der Waals surface area contributed by atoms with Crippen LogP contribution in [-0.2, 0) is 0 Å². The molecule has 1 aromatic rings. The maximum atomic E-state index is 6.13. The molecule has 72 valence electrons. The zero-order valence-corrected chi connectivity index (χ0v) is 9.15. The normalized spacial score (nSPS) is 16.9. The van der Waals surface area contributed by atoms with Gasteiger partial charge in [0.2, 0.25) is 0 Å². The van der Waals surface area contributed by atoms with Crippen LogP contribution in [0.3, 0.4) is 0 Å². The van der Waals surface area contributed by atoms with E-state index in [1.807, 2.05) is 24.3 Å². The van der Waals surface area contributed by atoms with E-state index in [1.165, 1.54) is 11.1 Å². The van der Waals surface area contributed by atoms with Crippen LogP contribution < -0.4 is 0 Å². The third-order valence-corrected chi connectivity index (χ3v) is 2.94. The van der Waals surface area contributed by atoms with Crippen molar-refractivity contribution in [3.05, 3.63) is 52.0 Å². The number of rotatable bonds is 1. The van der Waals surface area contributed by atoms with Gasteiger partial charge in [-0.15, -0.1) is 0 Å². The van der Waals surface area contributed by atoms with E-state index < -0.39 is 0 Å². The van der Waals surface area contributed by atoms with Crippen molar-refractivity contribution < 1.29 is 0 Å². The lowest BCUT2D eigenvalue weighted by atomic mass is 9.97. The van der Waals surface area contributed by atoms with Crippen molar-refractivity contribution in [1.29, 1.82) is 0 Å². The molecule has 0 unspecified atom stereocenters. The molecule has 0 saturated carbocycles. The van der Waals surface area contributed by atoms with Crippen LogP contribution in [0.1, 0.15) is 18.4 Å². The maximum Gasteiger partial charge on any atom is 0.0455 e. The molecule has 0 aliphatic heterocycles. The highest BCUT2D eigenvalue weighted by molar-refractivity contribution is 6.37. The van der Waals surface area contributed by atoms with Crippen molar-refractivity contribution in [2.24, 2.45) is 0 Å². The quantitative estimate of drug-likeness (QED) is 0.657. The fourth-order valence-electron chi connectivity index (χ4n) is 1.58. The molecule has 0 atom stereocenters. The van der Waals surface area contributed by atoms with Crippen molar-refractivity contribution in [2.75, 3.05) is 0 Å². The Morgan fingerprint density at radius 1 is 0.929 bits per heavy atom. The van der Waals surface area contributed by atoms with Crippen molar-refractivity contribution in [3.63, 3.8) is 0 Å². The molecule has 0 heterocycles. The molecule has 0 N–H and O–H groups in total. The van der Waals surface area contributed by atoms with Crippen molar-refractivity contribution in [2.45, 2.75) is 12.8 Å². The lowest BCUT2D eigenvalue weighted by Gasteiger charge is -2.13. The molecular weight excluding hydrogens is 215 g/mol. The molecule has 0 bridgehead atoms. The van der Waals surface area contributed by atoms with Gasteiger partial charge in [-0.1, -0.05) is 53.5 Å². The highest BCUT2D eigenvalue weighted by Gasteiger charge is 2.11. The molecule has 2 rings (SSSR count). The molecule has 0 saturated heterocycles. The first-order valence-electron chi connectivity index (χ1n) is 4.57.